The van der Waals surface area contributed by atoms with Gasteiger partial charge in [0.15, 0.2) is 0 Å². The van der Waals surface area contributed by atoms with Crippen LogP contribution in [0, 0.1) is 6.92 Å². The summed E-state index contributed by atoms with van der Waals surface area (Å²) in [6.45, 7) is 6.10. The van der Waals surface area contributed by atoms with Gasteiger partial charge in [-0.15, -0.1) is 0 Å². The summed E-state index contributed by atoms with van der Waals surface area (Å²) in [5.41, 5.74) is 6.62. The minimum absolute atomic E-state index is 0.0484. The van der Waals surface area contributed by atoms with Gasteiger partial charge in [-0.2, -0.15) is 5.10 Å². The van der Waals surface area contributed by atoms with Crippen molar-refractivity contribution in [2.75, 3.05) is 25.0 Å². The lowest BCUT2D eigenvalue weighted by molar-refractivity contribution is 0.0939. The van der Waals surface area contributed by atoms with Crippen LogP contribution in [-0.2, 0) is 7.05 Å². The number of rotatable bonds is 5. The molecule has 2 bridgehead atoms. The Bertz CT molecular complexity index is 1460. The van der Waals surface area contributed by atoms with Crippen LogP contribution in [-0.4, -0.2) is 57.8 Å². The summed E-state index contributed by atoms with van der Waals surface area (Å²) in [6.07, 6.45) is 6.30. The van der Waals surface area contributed by atoms with Crippen LogP contribution in [0.2, 0.25) is 0 Å². The second kappa shape index (κ2) is 9.30. The summed E-state index contributed by atoms with van der Waals surface area (Å²) in [7, 11) is 4.15. The number of hydrogen-bond donors (Lipinski definition) is 1. The molecule has 2 aliphatic heterocycles. The molecular formula is C30H34N6O. The van der Waals surface area contributed by atoms with Crippen molar-refractivity contribution in [1.82, 2.24) is 25.0 Å². The van der Waals surface area contributed by atoms with E-state index in [0.717, 1.165) is 57.6 Å². The molecule has 1 N–H and O–H groups in total. The van der Waals surface area contributed by atoms with Gasteiger partial charge in [-0.1, -0.05) is 24.3 Å². The third-order valence-electron chi connectivity index (χ3n) is 8.24. The topological polar surface area (TPSA) is 66.3 Å². The quantitative estimate of drug-likeness (QED) is 0.435. The predicted octanol–water partition coefficient (Wildman–Crippen LogP) is 4.72. The highest BCUT2D eigenvalue weighted by Crippen LogP contribution is 2.33. The van der Waals surface area contributed by atoms with Crippen LogP contribution >= 0.6 is 0 Å². The lowest BCUT2D eigenvalue weighted by atomic mass is 9.99. The second-order valence-corrected chi connectivity index (χ2v) is 10.7. The Morgan fingerprint density at radius 1 is 1.05 bits per heavy atom. The number of pyridine rings is 1. The van der Waals surface area contributed by atoms with Gasteiger partial charge in [0, 0.05) is 60.6 Å². The molecule has 2 fully saturated rings. The largest absolute Gasteiger partial charge is 0.368 e. The van der Waals surface area contributed by atoms with E-state index in [0.29, 0.717) is 12.1 Å². The van der Waals surface area contributed by atoms with Crippen LogP contribution < -0.4 is 10.2 Å². The van der Waals surface area contributed by atoms with Gasteiger partial charge in [-0.25, -0.2) is 4.98 Å². The van der Waals surface area contributed by atoms with Gasteiger partial charge >= 0.3 is 0 Å². The summed E-state index contributed by atoms with van der Waals surface area (Å²) in [6, 6.07) is 17.5. The Morgan fingerprint density at radius 2 is 1.81 bits per heavy atom. The number of aromatic nitrogens is 3. The molecule has 4 aromatic rings. The Hall–Kier alpha value is -3.71. The first-order valence-corrected chi connectivity index (χ1v) is 13.1. The number of carbonyl (C=O) groups is 1. The second-order valence-electron chi connectivity index (χ2n) is 10.7. The van der Waals surface area contributed by atoms with Crippen molar-refractivity contribution in [2.45, 2.75) is 44.8 Å². The van der Waals surface area contributed by atoms with Crippen LogP contribution in [0.25, 0.3) is 22.2 Å². The van der Waals surface area contributed by atoms with Gasteiger partial charge in [0.1, 0.15) is 0 Å². The predicted molar refractivity (Wildman–Crippen MR) is 148 cm³/mol. The molecule has 37 heavy (non-hydrogen) atoms. The SMILES string of the molecule is Cc1ccc(N2C[C@H]3CC[C@@H](C2)N3C)cc1C(=O)N[C@H](C)c1cc(-c2cnn(C)c2)nc2ccccc12. The molecule has 7 heteroatoms. The van der Waals surface area contributed by atoms with Gasteiger partial charge < -0.3 is 10.2 Å². The van der Waals surface area contributed by atoms with Crippen LogP contribution in [0.3, 0.4) is 0 Å². The fourth-order valence-electron chi connectivity index (χ4n) is 5.99. The average Bonchev–Trinajstić information content (AvgIpc) is 3.40. The third kappa shape index (κ3) is 4.37. The van der Waals surface area contributed by atoms with E-state index in [4.69, 9.17) is 4.98 Å². The van der Waals surface area contributed by atoms with Crippen molar-refractivity contribution >= 4 is 22.5 Å². The maximum atomic E-state index is 13.6. The molecule has 1 amide bonds. The summed E-state index contributed by atoms with van der Waals surface area (Å²) in [5, 5.41) is 8.63. The zero-order chi connectivity index (χ0) is 25.7. The summed E-state index contributed by atoms with van der Waals surface area (Å²) < 4.78 is 1.78. The van der Waals surface area contributed by atoms with E-state index in [9.17, 15) is 4.79 Å². The number of carbonyl (C=O) groups excluding carboxylic acids is 1. The molecular weight excluding hydrogens is 460 g/mol. The first-order chi connectivity index (χ1) is 17.9. The number of hydrogen-bond acceptors (Lipinski definition) is 5. The van der Waals surface area contributed by atoms with Crippen molar-refractivity contribution in [2.24, 2.45) is 7.05 Å². The van der Waals surface area contributed by atoms with E-state index in [1.165, 1.54) is 12.8 Å². The summed E-state index contributed by atoms with van der Waals surface area (Å²) in [5.74, 6) is -0.0484. The molecule has 3 atom stereocenters. The average molecular weight is 495 g/mol. The first kappa shape index (κ1) is 23.7. The van der Waals surface area contributed by atoms with Crippen molar-refractivity contribution < 1.29 is 4.79 Å². The molecule has 6 rings (SSSR count). The number of nitrogens with one attached hydrogen (secondary N) is 1. The number of nitrogens with zero attached hydrogens (tertiary/aromatic N) is 5. The lowest BCUT2D eigenvalue weighted by Gasteiger charge is -2.40. The number of anilines is 1. The minimum Gasteiger partial charge on any atom is -0.368 e. The van der Waals surface area contributed by atoms with E-state index in [1.807, 2.05) is 51.5 Å². The molecule has 0 spiro atoms. The van der Waals surface area contributed by atoms with E-state index in [2.05, 4.69) is 57.6 Å². The van der Waals surface area contributed by atoms with E-state index in [1.54, 1.807) is 4.68 Å². The van der Waals surface area contributed by atoms with Crippen LogP contribution in [0.4, 0.5) is 5.69 Å². The Balaban J connectivity index is 1.28. The highest BCUT2D eigenvalue weighted by atomic mass is 16.1. The van der Waals surface area contributed by atoms with Gasteiger partial charge in [0.05, 0.1) is 23.4 Å². The smallest absolute Gasteiger partial charge is 0.252 e. The summed E-state index contributed by atoms with van der Waals surface area (Å²) in [4.78, 5) is 23.5. The fraction of sp³-hybridized carbons (Fsp3) is 0.367. The normalized spacial score (nSPS) is 20.4. The maximum Gasteiger partial charge on any atom is 0.252 e. The van der Waals surface area contributed by atoms with Crippen molar-refractivity contribution in [3.05, 3.63) is 77.6 Å². The number of amides is 1. The molecule has 0 radical (unpaired) electrons. The van der Waals surface area contributed by atoms with Crippen molar-refractivity contribution in [3.8, 4) is 11.3 Å². The molecule has 2 aromatic carbocycles. The first-order valence-electron chi connectivity index (χ1n) is 13.1. The number of aryl methyl sites for hydroxylation is 2. The Morgan fingerprint density at radius 3 is 2.54 bits per heavy atom. The van der Waals surface area contributed by atoms with E-state index in [-0.39, 0.29) is 11.9 Å². The van der Waals surface area contributed by atoms with E-state index >= 15 is 0 Å². The van der Waals surface area contributed by atoms with Crippen molar-refractivity contribution in [3.63, 3.8) is 0 Å². The third-order valence-corrected chi connectivity index (χ3v) is 8.24. The minimum atomic E-state index is -0.196. The molecule has 190 valence electrons. The molecule has 0 saturated carbocycles. The van der Waals surface area contributed by atoms with Crippen LogP contribution in [0.5, 0.6) is 0 Å². The Labute approximate surface area is 218 Å². The fourth-order valence-corrected chi connectivity index (χ4v) is 5.99. The highest BCUT2D eigenvalue weighted by molar-refractivity contribution is 5.97. The molecule has 4 heterocycles. The standard InChI is InChI=1S/C30H34N6O/c1-19-9-10-22(36-17-23-11-12-24(18-36)35(23)4)13-26(19)30(37)32-20(2)27-14-29(21-15-31-34(3)16-21)33-28-8-6-5-7-25(27)28/h5-10,13-16,20,23-24H,11-12,17-18H2,1-4H3,(H,32,37)/t20-,23-,24+/m1/s1. The molecule has 2 aromatic heterocycles. The number of fused-ring (bicyclic) bond motifs is 3. The van der Waals surface area contributed by atoms with Crippen LogP contribution in [0.15, 0.2) is 60.9 Å². The number of piperazine rings is 1. The van der Waals surface area contributed by atoms with Gasteiger partial charge in [0.2, 0.25) is 0 Å². The van der Waals surface area contributed by atoms with Crippen molar-refractivity contribution in [1.29, 1.82) is 0 Å². The molecule has 7 nitrogen and oxygen atoms in total. The summed E-state index contributed by atoms with van der Waals surface area (Å²) >= 11 is 0. The lowest BCUT2D eigenvalue weighted by Crippen LogP contribution is -2.52. The molecule has 2 aliphatic rings. The van der Waals surface area contributed by atoms with Gasteiger partial charge in [0.25, 0.3) is 5.91 Å². The highest BCUT2D eigenvalue weighted by Gasteiger charge is 2.37. The number of likely N-dealkylation sites (N-methyl/N-ethyl adjacent to an activating group) is 1. The van der Waals surface area contributed by atoms with E-state index < -0.39 is 0 Å². The molecule has 2 saturated heterocycles. The Kier molecular flexibility index (Phi) is 5.95. The molecule has 0 unspecified atom stereocenters. The van der Waals surface area contributed by atoms with Crippen LogP contribution in [0.1, 0.15) is 47.3 Å². The monoisotopic (exact) mass is 494 g/mol. The zero-order valence-electron chi connectivity index (χ0n) is 22.0. The number of benzene rings is 2. The number of para-hydroxylation sites is 1. The maximum absolute atomic E-state index is 13.6. The zero-order valence-corrected chi connectivity index (χ0v) is 22.0. The molecule has 0 aliphatic carbocycles. The van der Waals surface area contributed by atoms with Gasteiger partial charge in [-0.05, 0) is 69.1 Å². The van der Waals surface area contributed by atoms with Gasteiger partial charge in [-0.3, -0.25) is 14.4 Å².